The normalized spacial score (nSPS) is 16.2. The van der Waals surface area contributed by atoms with Crippen molar-refractivity contribution < 1.29 is 29.0 Å². The second-order valence-corrected chi connectivity index (χ2v) is 6.65. The number of rotatable bonds is 6. The third-order valence-corrected chi connectivity index (χ3v) is 4.80. The lowest BCUT2D eigenvalue weighted by molar-refractivity contribution is -0.385. The minimum Gasteiger partial charge on any atom is -0.868 e. The summed E-state index contributed by atoms with van der Waals surface area (Å²) in [6, 6.07) is 10.9. The van der Waals surface area contributed by atoms with Crippen LogP contribution in [-0.2, 0) is 11.3 Å². The van der Waals surface area contributed by atoms with E-state index in [0.29, 0.717) is 11.1 Å². The molecule has 30 heavy (non-hydrogen) atoms. The topological polar surface area (TPSA) is 131 Å². The number of aromatic nitrogens is 1. The van der Waals surface area contributed by atoms with E-state index in [-0.39, 0.29) is 23.6 Å². The number of carbonyl (C=O) groups is 2. The Labute approximate surface area is 170 Å². The maximum atomic E-state index is 13.0. The zero-order chi connectivity index (χ0) is 21.3. The maximum absolute atomic E-state index is 13.0. The van der Waals surface area contributed by atoms with Gasteiger partial charge in [-0.3, -0.25) is 19.7 Å². The van der Waals surface area contributed by atoms with Gasteiger partial charge < -0.3 is 14.4 Å². The van der Waals surface area contributed by atoms with Crippen LogP contribution in [0.3, 0.4) is 0 Å². The number of nitro benzene ring substituents is 1. The summed E-state index contributed by atoms with van der Waals surface area (Å²) in [5.41, 5.74) is 0.478. The molecule has 1 N–H and O–H groups in total. The van der Waals surface area contributed by atoms with Crippen LogP contribution in [0.1, 0.15) is 27.7 Å². The molecule has 4 rings (SSSR count). The van der Waals surface area contributed by atoms with E-state index in [1.54, 1.807) is 30.6 Å². The molecule has 0 spiro atoms. The second kappa shape index (κ2) is 7.63. The molecule has 0 saturated carbocycles. The van der Waals surface area contributed by atoms with E-state index in [4.69, 9.17) is 4.42 Å². The van der Waals surface area contributed by atoms with Crippen LogP contribution in [-0.4, -0.2) is 21.5 Å². The molecule has 3 heterocycles. The lowest BCUT2D eigenvalue weighted by Gasteiger charge is -2.27. The molecule has 150 valence electrons. The molecule has 9 nitrogen and oxygen atoms in total. The monoisotopic (exact) mass is 405 g/mol. The summed E-state index contributed by atoms with van der Waals surface area (Å²) in [5, 5.41) is 24.0. The summed E-state index contributed by atoms with van der Waals surface area (Å²) in [7, 11) is 0. The molecule has 9 heteroatoms. The Hall–Kier alpha value is -4.27. The fraction of sp³-hybridized carbons (Fsp3) is 0.0952. The quantitative estimate of drug-likeness (QED) is 0.348. The first-order valence-corrected chi connectivity index (χ1v) is 8.97. The molecule has 0 radical (unpaired) electrons. The third-order valence-electron chi connectivity index (χ3n) is 4.80. The second-order valence-electron chi connectivity index (χ2n) is 6.65. The molecule has 0 bridgehead atoms. The number of pyridine rings is 1. The van der Waals surface area contributed by atoms with Crippen LogP contribution in [0.15, 0.2) is 82.9 Å². The first-order chi connectivity index (χ1) is 14.5. The summed E-state index contributed by atoms with van der Waals surface area (Å²) >= 11 is 0. The highest BCUT2D eigenvalue weighted by Gasteiger charge is 2.40. The molecular formula is C21H15N3O6. The van der Waals surface area contributed by atoms with Gasteiger partial charge in [0.1, 0.15) is 0 Å². The number of carbonyl (C=O) groups excluding carboxylic acids is 2. The van der Waals surface area contributed by atoms with Crippen LogP contribution in [0.5, 0.6) is 0 Å². The van der Waals surface area contributed by atoms with Gasteiger partial charge in [0, 0.05) is 29.3 Å². The van der Waals surface area contributed by atoms with Crippen molar-refractivity contribution in [2.75, 3.05) is 0 Å². The summed E-state index contributed by atoms with van der Waals surface area (Å²) in [5.74, 6) is -2.62. The number of aromatic amines is 1. The number of benzene rings is 1. The Morgan fingerprint density at radius 1 is 1.20 bits per heavy atom. The predicted octanol–water partition coefficient (Wildman–Crippen LogP) is 1.58. The largest absolute Gasteiger partial charge is 0.868 e. The number of non-ortho nitro benzene ring substituents is 1. The average Bonchev–Trinajstić information content (AvgIpc) is 3.37. The standard InChI is InChI=1S/C21H15N3O6/c25-19(16-7-3-9-30-16)17-18(14-5-1-6-15(10-14)24(28)29)23(21(27)20(17)26)12-13-4-2-8-22-11-13/h1-11,18,26H,12H2. The molecule has 1 amide bonds. The van der Waals surface area contributed by atoms with Crippen molar-refractivity contribution in [3.63, 3.8) is 0 Å². The molecular weight excluding hydrogens is 390 g/mol. The van der Waals surface area contributed by atoms with E-state index in [0.717, 1.165) is 0 Å². The van der Waals surface area contributed by atoms with Gasteiger partial charge in [0.05, 0.1) is 23.8 Å². The van der Waals surface area contributed by atoms with Crippen LogP contribution < -0.4 is 10.1 Å². The lowest BCUT2D eigenvalue weighted by atomic mass is 9.94. The van der Waals surface area contributed by atoms with Crippen LogP contribution >= 0.6 is 0 Å². The zero-order valence-corrected chi connectivity index (χ0v) is 15.5. The van der Waals surface area contributed by atoms with Crippen LogP contribution in [0, 0.1) is 10.1 Å². The average molecular weight is 405 g/mol. The number of ketones is 1. The van der Waals surface area contributed by atoms with Gasteiger partial charge in [-0.25, -0.2) is 4.98 Å². The maximum Gasteiger partial charge on any atom is 0.269 e. The Bertz CT molecular complexity index is 1150. The number of furan rings is 1. The number of hydrogen-bond donors (Lipinski definition) is 0. The van der Waals surface area contributed by atoms with Gasteiger partial charge in [0.2, 0.25) is 11.7 Å². The minimum atomic E-state index is -1.08. The van der Waals surface area contributed by atoms with Crippen LogP contribution in [0.25, 0.3) is 0 Å². The van der Waals surface area contributed by atoms with E-state index in [9.17, 15) is 24.8 Å². The van der Waals surface area contributed by atoms with Crippen molar-refractivity contribution in [2.45, 2.75) is 12.6 Å². The van der Waals surface area contributed by atoms with E-state index in [1.165, 1.54) is 41.5 Å². The summed E-state index contributed by atoms with van der Waals surface area (Å²) in [6.07, 6.45) is 4.64. The van der Waals surface area contributed by atoms with Gasteiger partial charge in [-0.1, -0.05) is 12.1 Å². The van der Waals surface area contributed by atoms with Crippen molar-refractivity contribution in [1.82, 2.24) is 4.90 Å². The fourth-order valence-corrected chi connectivity index (χ4v) is 3.45. The zero-order valence-electron chi connectivity index (χ0n) is 15.5. The molecule has 1 aromatic carbocycles. The van der Waals surface area contributed by atoms with Crippen molar-refractivity contribution >= 4 is 17.4 Å². The number of hydrogen-bond acceptors (Lipinski definition) is 6. The number of Topliss-reactive ketones (excluding diaryl/α,β-unsaturated/α-hetero) is 1. The molecule has 0 aliphatic carbocycles. The van der Waals surface area contributed by atoms with Gasteiger partial charge >= 0.3 is 0 Å². The number of nitrogens with zero attached hydrogens (tertiary/aromatic N) is 2. The molecule has 1 atom stereocenters. The van der Waals surface area contributed by atoms with E-state index in [2.05, 4.69) is 4.98 Å². The first kappa shape index (κ1) is 19.1. The highest BCUT2D eigenvalue weighted by Crippen LogP contribution is 2.39. The Balaban J connectivity index is 1.83. The van der Waals surface area contributed by atoms with Crippen molar-refractivity contribution in [3.05, 3.63) is 106 Å². The Kier molecular flexibility index (Phi) is 4.85. The smallest absolute Gasteiger partial charge is 0.269 e. The van der Waals surface area contributed by atoms with Crippen LogP contribution in [0.2, 0.25) is 0 Å². The van der Waals surface area contributed by atoms with Crippen molar-refractivity contribution in [3.8, 4) is 0 Å². The highest BCUT2D eigenvalue weighted by molar-refractivity contribution is 6.14. The molecule has 0 saturated heterocycles. The van der Waals surface area contributed by atoms with E-state index >= 15 is 0 Å². The highest BCUT2D eigenvalue weighted by atomic mass is 16.6. The van der Waals surface area contributed by atoms with Gasteiger partial charge in [0.25, 0.3) is 5.69 Å². The fourth-order valence-electron chi connectivity index (χ4n) is 3.45. The van der Waals surface area contributed by atoms with E-state index < -0.39 is 28.4 Å². The molecule has 1 aliphatic rings. The van der Waals surface area contributed by atoms with Crippen LogP contribution in [0.4, 0.5) is 5.69 Å². The predicted molar refractivity (Wildman–Crippen MR) is 99.4 cm³/mol. The number of amides is 1. The molecule has 2 aromatic heterocycles. The summed E-state index contributed by atoms with van der Waals surface area (Å²) in [6.45, 7) is 0.0320. The van der Waals surface area contributed by atoms with Gasteiger partial charge in [-0.05, 0) is 29.5 Å². The minimum absolute atomic E-state index is 0.0320. The number of H-pyrrole nitrogens is 1. The summed E-state index contributed by atoms with van der Waals surface area (Å²) in [4.78, 5) is 40.6. The van der Waals surface area contributed by atoms with E-state index in [1.807, 2.05) is 0 Å². The van der Waals surface area contributed by atoms with Crippen molar-refractivity contribution in [1.29, 1.82) is 0 Å². The third kappa shape index (κ3) is 3.32. The molecule has 3 aromatic rings. The van der Waals surface area contributed by atoms with Crippen molar-refractivity contribution in [2.24, 2.45) is 0 Å². The molecule has 1 aliphatic heterocycles. The number of nitrogens with one attached hydrogen (secondary N) is 1. The lowest BCUT2D eigenvalue weighted by Crippen LogP contribution is -2.32. The Morgan fingerprint density at radius 3 is 2.70 bits per heavy atom. The summed E-state index contributed by atoms with van der Waals surface area (Å²) < 4.78 is 5.13. The van der Waals surface area contributed by atoms with Gasteiger partial charge in [0.15, 0.2) is 18.2 Å². The SMILES string of the molecule is O=C(C1=C([O-])C(=O)N(Cc2ccc[nH+]c2)C1c1cccc([N+](=O)[O-])c1)c1ccco1. The van der Waals surface area contributed by atoms with Gasteiger partial charge in [-0.15, -0.1) is 0 Å². The first-order valence-electron chi connectivity index (χ1n) is 8.97. The molecule has 0 fully saturated rings. The molecule has 1 unspecified atom stereocenters. The Morgan fingerprint density at radius 2 is 2.03 bits per heavy atom. The van der Waals surface area contributed by atoms with Gasteiger partial charge in [-0.2, -0.15) is 0 Å². The number of nitro groups is 1.